The lowest BCUT2D eigenvalue weighted by molar-refractivity contribution is -0.130. The largest absolute Gasteiger partial charge is 0.449 e. The van der Waals surface area contributed by atoms with Crippen LogP contribution in [0.5, 0.6) is 0 Å². The molecule has 1 atom stereocenters. The van der Waals surface area contributed by atoms with Gasteiger partial charge in [-0.2, -0.15) is 5.10 Å². The van der Waals surface area contributed by atoms with Gasteiger partial charge in [-0.15, -0.1) is 0 Å². The fourth-order valence-electron chi connectivity index (χ4n) is 2.71. The van der Waals surface area contributed by atoms with Crippen molar-refractivity contribution in [1.82, 2.24) is 20.1 Å². The zero-order valence-electron chi connectivity index (χ0n) is 16.5. The van der Waals surface area contributed by atoms with Crippen molar-refractivity contribution in [3.8, 4) is 0 Å². The lowest BCUT2D eigenvalue weighted by Crippen LogP contribution is -2.46. The van der Waals surface area contributed by atoms with Crippen LogP contribution in [0.2, 0.25) is 0 Å². The van der Waals surface area contributed by atoms with E-state index in [0.29, 0.717) is 12.2 Å². The third kappa shape index (κ3) is 4.73. The number of nitrogens with zero attached hydrogens (tertiary/aromatic N) is 3. The molecule has 0 radical (unpaired) electrons. The van der Waals surface area contributed by atoms with Crippen molar-refractivity contribution < 1.29 is 14.3 Å². The van der Waals surface area contributed by atoms with Crippen molar-refractivity contribution in [3.63, 3.8) is 0 Å². The number of aromatic nitrogens is 3. The van der Waals surface area contributed by atoms with Gasteiger partial charge in [0.1, 0.15) is 0 Å². The molecule has 7 heteroatoms. The van der Waals surface area contributed by atoms with Crippen molar-refractivity contribution in [3.05, 3.63) is 59.9 Å². The minimum absolute atomic E-state index is 0.280. The zero-order chi connectivity index (χ0) is 20.3. The summed E-state index contributed by atoms with van der Waals surface area (Å²) in [5.74, 6) is -0.938. The first-order chi connectivity index (χ1) is 13.2. The van der Waals surface area contributed by atoms with E-state index in [1.807, 2.05) is 51.1 Å². The lowest BCUT2D eigenvalue weighted by atomic mass is 10.1. The Hall–Kier alpha value is -3.22. The molecule has 0 unspecified atom stereocenters. The predicted molar refractivity (Wildman–Crippen MR) is 106 cm³/mol. The van der Waals surface area contributed by atoms with E-state index >= 15 is 0 Å². The van der Waals surface area contributed by atoms with E-state index in [0.717, 1.165) is 10.9 Å². The van der Waals surface area contributed by atoms with Gasteiger partial charge in [0.05, 0.1) is 18.3 Å². The van der Waals surface area contributed by atoms with Crippen LogP contribution in [0, 0.1) is 0 Å². The second-order valence-electron chi connectivity index (χ2n) is 7.71. The molecule has 0 aliphatic rings. The molecule has 28 heavy (non-hydrogen) atoms. The van der Waals surface area contributed by atoms with Gasteiger partial charge in [-0.25, -0.2) is 14.5 Å². The molecule has 0 aliphatic carbocycles. The Labute approximate surface area is 163 Å². The number of esters is 1. The van der Waals surface area contributed by atoms with Crippen LogP contribution < -0.4 is 5.32 Å². The summed E-state index contributed by atoms with van der Waals surface area (Å²) < 4.78 is 7.05. The molecule has 3 aromatic rings. The van der Waals surface area contributed by atoms with Gasteiger partial charge in [0.25, 0.3) is 5.91 Å². The second kappa shape index (κ2) is 7.80. The molecule has 0 saturated carbocycles. The standard InChI is InChI=1S/C21H24N4O3/c1-14(19(26)24-21(2,3)4)28-20(27)17-10-16-12-23-25(18(16)22-11-17)13-15-8-6-5-7-9-15/h5-12,14H,13H2,1-4H3,(H,24,26)/t14-/m1/s1. The van der Waals surface area contributed by atoms with E-state index in [4.69, 9.17) is 4.74 Å². The van der Waals surface area contributed by atoms with E-state index in [1.54, 1.807) is 23.9 Å². The SMILES string of the molecule is C[C@@H](OC(=O)c1cnc2c(cnn2Cc2ccccc2)c1)C(=O)NC(C)(C)C. The highest BCUT2D eigenvalue weighted by Crippen LogP contribution is 2.16. The summed E-state index contributed by atoms with van der Waals surface area (Å²) in [5.41, 5.74) is 1.67. The molecular formula is C21H24N4O3. The molecule has 7 nitrogen and oxygen atoms in total. The molecule has 146 valence electrons. The van der Waals surface area contributed by atoms with E-state index in [-0.39, 0.29) is 11.5 Å². The molecule has 2 aromatic heterocycles. The molecular weight excluding hydrogens is 356 g/mol. The number of nitrogens with one attached hydrogen (secondary N) is 1. The van der Waals surface area contributed by atoms with Crippen LogP contribution in [0.25, 0.3) is 11.0 Å². The number of rotatable bonds is 5. The predicted octanol–water partition coefficient (Wildman–Crippen LogP) is 2.94. The number of carbonyl (C=O) groups is 2. The summed E-state index contributed by atoms with van der Waals surface area (Å²) >= 11 is 0. The highest BCUT2D eigenvalue weighted by atomic mass is 16.5. The van der Waals surface area contributed by atoms with Crippen molar-refractivity contribution in [2.45, 2.75) is 45.9 Å². The summed E-state index contributed by atoms with van der Waals surface area (Å²) in [6, 6.07) is 11.6. The molecule has 3 rings (SSSR count). The lowest BCUT2D eigenvalue weighted by Gasteiger charge is -2.23. The van der Waals surface area contributed by atoms with Gasteiger partial charge >= 0.3 is 5.97 Å². The number of hydrogen-bond acceptors (Lipinski definition) is 5. The Bertz CT molecular complexity index is 990. The fourth-order valence-corrected chi connectivity index (χ4v) is 2.71. The first-order valence-electron chi connectivity index (χ1n) is 9.11. The van der Waals surface area contributed by atoms with Gasteiger partial charge in [-0.1, -0.05) is 30.3 Å². The molecule has 2 heterocycles. The van der Waals surface area contributed by atoms with Gasteiger partial charge in [-0.05, 0) is 39.3 Å². The van der Waals surface area contributed by atoms with Crippen LogP contribution >= 0.6 is 0 Å². The average molecular weight is 380 g/mol. The van der Waals surface area contributed by atoms with Crippen molar-refractivity contribution >= 4 is 22.9 Å². The zero-order valence-corrected chi connectivity index (χ0v) is 16.5. The molecule has 0 bridgehead atoms. The number of carbonyl (C=O) groups excluding carboxylic acids is 2. The highest BCUT2D eigenvalue weighted by Gasteiger charge is 2.23. The Morgan fingerprint density at radius 3 is 2.57 bits per heavy atom. The summed E-state index contributed by atoms with van der Waals surface area (Å²) in [5, 5.41) is 7.88. The van der Waals surface area contributed by atoms with Crippen LogP contribution in [-0.2, 0) is 16.1 Å². The second-order valence-corrected chi connectivity index (χ2v) is 7.71. The smallest absolute Gasteiger partial charge is 0.340 e. The third-order valence-electron chi connectivity index (χ3n) is 4.04. The minimum atomic E-state index is -0.900. The Morgan fingerprint density at radius 2 is 1.89 bits per heavy atom. The monoisotopic (exact) mass is 380 g/mol. The van der Waals surface area contributed by atoms with Gasteiger partial charge in [-0.3, -0.25) is 4.79 Å². The number of hydrogen-bond donors (Lipinski definition) is 1. The number of amides is 1. The first-order valence-corrected chi connectivity index (χ1v) is 9.11. The molecule has 0 aliphatic heterocycles. The fraction of sp³-hybridized carbons (Fsp3) is 0.333. The summed E-state index contributed by atoms with van der Waals surface area (Å²) in [6.45, 7) is 7.73. The topological polar surface area (TPSA) is 86.1 Å². The molecule has 0 spiro atoms. The van der Waals surface area contributed by atoms with E-state index in [9.17, 15) is 9.59 Å². The summed E-state index contributed by atoms with van der Waals surface area (Å²) in [4.78, 5) is 28.9. The van der Waals surface area contributed by atoms with E-state index in [2.05, 4.69) is 15.4 Å². The normalized spacial score (nSPS) is 12.6. The third-order valence-corrected chi connectivity index (χ3v) is 4.04. The van der Waals surface area contributed by atoms with Crippen LogP contribution in [0.3, 0.4) is 0 Å². The number of fused-ring (bicyclic) bond motifs is 1. The number of ether oxygens (including phenoxy) is 1. The van der Waals surface area contributed by atoms with Gasteiger partial charge in [0.2, 0.25) is 0 Å². The van der Waals surface area contributed by atoms with Crippen molar-refractivity contribution in [2.75, 3.05) is 0 Å². The maximum absolute atomic E-state index is 12.4. The van der Waals surface area contributed by atoms with Crippen molar-refractivity contribution in [1.29, 1.82) is 0 Å². The molecule has 0 fully saturated rings. The molecule has 1 aromatic carbocycles. The summed E-state index contributed by atoms with van der Waals surface area (Å²) in [6.07, 6.45) is 2.21. The number of benzene rings is 1. The van der Waals surface area contributed by atoms with E-state index in [1.165, 1.54) is 6.20 Å². The molecule has 1 amide bonds. The summed E-state index contributed by atoms with van der Waals surface area (Å²) in [7, 11) is 0. The van der Waals surface area contributed by atoms with Crippen LogP contribution in [-0.4, -0.2) is 38.3 Å². The van der Waals surface area contributed by atoms with Crippen LogP contribution in [0.4, 0.5) is 0 Å². The van der Waals surface area contributed by atoms with Gasteiger partial charge < -0.3 is 10.1 Å². The Balaban J connectivity index is 1.72. The van der Waals surface area contributed by atoms with Gasteiger partial charge in [0, 0.05) is 17.1 Å². The maximum Gasteiger partial charge on any atom is 0.340 e. The van der Waals surface area contributed by atoms with Crippen LogP contribution in [0.15, 0.2) is 48.8 Å². The quantitative estimate of drug-likeness (QED) is 0.688. The Kier molecular flexibility index (Phi) is 5.44. The Morgan fingerprint density at radius 1 is 1.18 bits per heavy atom. The van der Waals surface area contributed by atoms with Gasteiger partial charge in [0.15, 0.2) is 11.8 Å². The van der Waals surface area contributed by atoms with Crippen LogP contribution in [0.1, 0.15) is 43.6 Å². The first kappa shape index (κ1) is 19.5. The van der Waals surface area contributed by atoms with Crippen molar-refractivity contribution in [2.24, 2.45) is 0 Å². The average Bonchev–Trinajstić information content (AvgIpc) is 3.03. The van der Waals surface area contributed by atoms with E-state index < -0.39 is 17.6 Å². The number of pyridine rings is 1. The molecule has 1 N–H and O–H groups in total. The highest BCUT2D eigenvalue weighted by molar-refractivity contribution is 5.94. The molecule has 0 saturated heterocycles. The maximum atomic E-state index is 12.4. The minimum Gasteiger partial charge on any atom is -0.449 e.